The lowest BCUT2D eigenvalue weighted by molar-refractivity contribution is -0.918. The van der Waals surface area contributed by atoms with Gasteiger partial charge >= 0.3 is 5.97 Å². The van der Waals surface area contributed by atoms with E-state index < -0.39 is 5.97 Å². The minimum Gasteiger partial charge on any atom is -0.872 e. The number of fused-ring (bicyclic) bond motifs is 1. The van der Waals surface area contributed by atoms with E-state index in [0.29, 0.717) is 34.4 Å². The number of nitrogens with one attached hydrogen (secondary N) is 1. The van der Waals surface area contributed by atoms with Crippen molar-refractivity contribution in [2.45, 2.75) is 25.8 Å². The number of hydrogen-bond acceptors (Lipinski definition) is 6. The van der Waals surface area contributed by atoms with Gasteiger partial charge in [-0.25, -0.2) is 4.79 Å². The van der Waals surface area contributed by atoms with Gasteiger partial charge in [-0.2, -0.15) is 0 Å². The largest absolute Gasteiger partial charge is 0.872 e. The third kappa shape index (κ3) is 4.02. The second-order valence-corrected chi connectivity index (χ2v) is 7.45. The van der Waals surface area contributed by atoms with Crippen molar-refractivity contribution in [3.05, 3.63) is 64.0 Å². The molecule has 1 aliphatic heterocycles. The smallest absolute Gasteiger partial charge is 0.337 e. The number of rotatable bonds is 5. The Morgan fingerprint density at radius 3 is 2.53 bits per heavy atom. The number of ether oxygens (including phenoxy) is 2. The Morgan fingerprint density at radius 1 is 1.10 bits per heavy atom. The second kappa shape index (κ2) is 8.59. The topological polar surface area (TPSA) is 93.2 Å². The Bertz CT molecular complexity index is 1110. The molecule has 0 amide bonds. The van der Waals surface area contributed by atoms with Gasteiger partial charge in [0, 0.05) is 5.56 Å². The minimum absolute atomic E-state index is 0.0169. The monoisotopic (exact) mass is 409 g/mol. The van der Waals surface area contributed by atoms with Crippen LogP contribution in [0, 0.1) is 0 Å². The quantitative estimate of drug-likeness (QED) is 0.648. The molecule has 0 aliphatic carbocycles. The van der Waals surface area contributed by atoms with Crippen molar-refractivity contribution in [3.8, 4) is 17.2 Å². The molecule has 3 aromatic rings. The lowest BCUT2D eigenvalue weighted by Gasteiger charge is -2.25. The van der Waals surface area contributed by atoms with E-state index in [1.54, 1.807) is 24.3 Å². The fourth-order valence-electron chi connectivity index (χ4n) is 3.84. The van der Waals surface area contributed by atoms with Gasteiger partial charge in [0.2, 0.25) is 11.2 Å². The molecule has 0 unspecified atom stereocenters. The number of piperidine rings is 1. The van der Waals surface area contributed by atoms with Crippen LogP contribution in [0.15, 0.2) is 51.9 Å². The maximum absolute atomic E-state index is 12.9. The molecule has 0 spiro atoms. The molecule has 0 radical (unpaired) electrons. The predicted molar refractivity (Wildman–Crippen MR) is 108 cm³/mol. The van der Waals surface area contributed by atoms with E-state index in [4.69, 9.17) is 9.15 Å². The van der Waals surface area contributed by atoms with Gasteiger partial charge in [-0.15, -0.1) is 0 Å². The summed E-state index contributed by atoms with van der Waals surface area (Å²) in [6, 6.07) is 9.16. The van der Waals surface area contributed by atoms with E-state index in [0.717, 1.165) is 25.9 Å². The summed E-state index contributed by atoms with van der Waals surface area (Å²) < 4.78 is 16.0. The standard InChI is InChI=1S/C23H23NO6/c1-28-23(27)15-5-7-16(8-6-15)30-20-14-29-22-17(21(20)26)9-10-19(25)18(22)13-24-11-3-2-4-12-24/h5-10,14,25H,2-4,11-13H2,1H3. The molecule has 1 fully saturated rings. The number of methoxy groups -OCH3 is 1. The molecule has 0 atom stereocenters. The Labute approximate surface area is 173 Å². The summed E-state index contributed by atoms with van der Waals surface area (Å²) in [6.45, 7) is 2.58. The van der Waals surface area contributed by atoms with E-state index in [-0.39, 0.29) is 16.9 Å². The Hall–Kier alpha value is -3.32. The zero-order valence-electron chi connectivity index (χ0n) is 16.7. The molecule has 1 N–H and O–H groups in total. The first-order valence-electron chi connectivity index (χ1n) is 10.0. The predicted octanol–water partition coefficient (Wildman–Crippen LogP) is 2.01. The molecule has 7 heteroatoms. The Balaban J connectivity index is 1.63. The third-order valence-electron chi connectivity index (χ3n) is 5.46. The summed E-state index contributed by atoms with van der Waals surface area (Å²) in [5.74, 6) is -0.171. The lowest BCUT2D eigenvalue weighted by atomic mass is 10.1. The van der Waals surface area contributed by atoms with E-state index in [1.165, 1.54) is 36.8 Å². The SMILES string of the molecule is COC(=O)c1ccc(Oc2coc3c(C[NH+]4CCCCC4)c([O-])ccc3c2=O)cc1. The molecule has 30 heavy (non-hydrogen) atoms. The van der Waals surface area contributed by atoms with Crippen molar-refractivity contribution >= 4 is 16.9 Å². The molecular weight excluding hydrogens is 386 g/mol. The number of benzene rings is 2. The maximum atomic E-state index is 12.9. The van der Waals surface area contributed by atoms with Crippen molar-refractivity contribution in [2.24, 2.45) is 0 Å². The molecular formula is C23H23NO6. The summed E-state index contributed by atoms with van der Waals surface area (Å²) in [4.78, 5) is 25.8. The number of carbonyl (C=O) groups excluding carboxylic acids is 1. The van der Waals surface area contributed by atoms with Crippen LogP contribution in [-0.2, 0) is 11.3 Å². The molecule has 156 valence electrons. The van der Waals surface area contributed by atoms with E-state index in [2.05, 4.69) is 4.74 Å². The number of quaternary nitrogens is 1. The molecule has 7 nitrogen and oxygen atoms in total. The molecule has 1 saturated heterocycles. The van der Waals surface area contributed by atoms with Crippen LogP contribution in [0.25, 0.3) is 11.0 Å². The summed E-state index contributed by atoms with van der Waals surface area (Å²) >= 11 is 0. The van der Waals surface area contributed by atoms with Crippen LogP contribution in [0.3, 0.4) is 0 Å². The van der Waals surface area contributed by atoms with Gasteiger partial charge < -0.3 is 23.9 Å². The summed E-state index contributed by atoms with van der Waals surface area (Å²) in [5, 5.41) is 12.8. The fourth-order valence-corrected chi connectivity index (χ4v) is 3.84. The number of esters is 1. The molecule has 1 aromatic heterocycles. The number of likely N-dealkylation sites (tertiary alicyclic amines) is 1. The van der Waals surface area contributed by atoms with Gasteiger partial charge in [-0.3, -0.25) is 4.79 Å². The van der Waals surface area contributed by atoms with Crippen LogP contribution in [0.4, 0.5) is 0 Å². The van der Waals surface area contributed by atoms with Gasteiger partial charge in [-0.1, -0.05) is 11.8 Å². The highest BCUT2D eigenvalue weighted by Crippen LogP contribution is 2.27. The number of hydrogen-bond donors (Lipinski definition) is 1. The second-order valence-electron chi connectivity index (χ2n) is 7.45. The Kier molecular flexibility index (Phi) is 5.72. The van der Waals surface area contributed by atoms with Crippen LogP contribution in [0.2, 0.25) is 0 Å². The van der Waals surface area contributed by atoms with Crippen molar-refractivity contribution in [1.29, 1.82) is 0 Å². The number of carbonyl (C=O) groups is 1. The van der Waals surface area contributed by atoms with Gasteiger partial charge in [0.05, 0.1) is 31.1 Å². The van der Waals surface area contributed by atoms with Gasteiger partial charge in [-0.05, 0) is 49.6 Å². The van der Waals surface area contributed by atoms with E-state index in [1.807, 2.05) is 0 Å². The average molecular weight is 409 g/mol. The molecule has 0 saturated carbocycles. The van der Waals surface area contributed by atoms with Gasteiger partial charge in [0.15, 0.2) is 0 Å². The van der Waals surface area contributed by atoms with E-state index in [9.17, 15) is 14.7 Å². The van der Waals surface area contributed by atoms with Crippen LogP contribution >= 0.6 is 0 Å². The first-order valence-corrected chi connectivity index (χ1v) is 10.0. The van der Waals surface area contributed by atoms with Crippen molar-refractivity contribution in [2.75, 3.05) is 20.2 Å². The van der Waals surface area contributed by atoms with Crippen LogP contribution in [-0.4, -0.2) is 26.2 Å². The zero-order chi connectivity index (χ0) is 21.1. The fraction of sp³-hybridized carbons (Fsp3) is 0.304. The van der Waals surface area contributed by atoms with Crippen LogP contribution in [0.1, 0.15) is 35.2 Å². The normalized spacial score (nSPS) is 14.6. The molecule has 1 aliphatic rings. The van der Waals surface area contributed by atoms with Gasteiger partial charge in [0.1, 0.15) is 24.1 Å². The van der Waals surface area contributed by atoms with Crippen molar-refractivity contribution in [1.82, 2.24) is 0 Å². The molecule has 2 heterocycles. The van der Waals surface area contributed by atoms with E-state index >= 15 is 0 Å². The first-order chi connectivity index (χ1) is 14.6. The van der Waals surface area contributed by atoms with Crippen molar-refractivity contribution in [3.63, 3.8) is 0 Å². The lowest BCUT2D eigenvalue weighted by Crippen LogP contribution is -3.11. The highest BCUT2D eigenvalue weighted by Gasteiger charge is 2.19. The summed E-state index contributed by atoms with van der Waals surface area (Å²) in [5.41, 5.74) is 0.904. The zero-order valence-corrected chi connectivity index (χ0v) is 16.7. The Morgan fingerprint density at radius 2 is 1.83 bits per heavy atom. The highest BCUT2D eigenvalue weighted by molar-refractivity contribution is 5.89. The molecule has 0 bridgehead atoms. The summed E-state index contributed by atoms with van der Waals surface area (Å²) in [7, 11) is 1.31. The maximum Gasteiger partial charge on any atom is 0.337 e. The minimum atomic E-state index is -0.455. The average Bonchev–Trinajstić information content (AvgIpc) is 2.78. The van der Waals surface area contributed by atoms with Crippen molar-refractivity contribution < 1.29 is 28.7 Å². The van der Waals surface area contributed by atoms with Gasteiger partial charge in [0.25, 0.3) is 0 Å². The first kappa shape index (κ1) is 20.0. The van der Waals surface area contributed by atoms with Crippen LogP contribution in [0.5, 0.6) is 17.2 Å². The van der Waals surface area contributed by atoms with Crippen LogP contribution < -0.4 is 20.2 Å². The highest BCUT2D eigenvalue weighted by atomic mass is 16.5. The third-order valence-corrected chi connectivity index (χ3v) is 5.46. The molecule has 4 rings (SSSR count). The summed E-state index contributed by atoms with van der Waals surface area (Å²) in [6.07, 6.45) is 4.75. The molecule has 2 aromatic carbocycles.